The topological polar surface area (TPSA) is 203 Å². The number of benzene rings is 2. The van der Waals surface area contributed by atoms with Gasteiger partial charge in [-0.3, -0.25) is 9.59 Å². The number of fused-ring (bicyclic) bond motifs is 4. The van der Waals surface area contributed by atoms with Gasteiger partial charge in [0, 0.05) is 17.5 Å². The monoisotopic (exact) mass is 719 g/mol. The zero-order valence-corrected chi connectivity index (χ0v) is 29.5. The smallest absolute Gasteiger partial charge is 0.360 e. The Morgan fingerprint density at radius 2 is 1.86 bits per heavy atom. The maximum Gasteiger partial charge on any atom is 0.360 e. The van der Waals surface area contributed by atoms with E-state index in [1.807, 2.05) is 13.8 Å². The van der Waals surface area contributed by atoms with Gasteiger partial charge in [-0.2, -0.15) is 0 Å². The number of carbonyl (C=O) groups excluding carboxylic acids is 3. The number of carbonyl (C=O) groups is 3. The van der Waals surface area contributed by atoms with Crippen molar-refractivity contribution in [2.45, 2.75) is 63.9 Å². The van der Waals surface area contributed by atoms with E-state index in [1.165, 1.54) is 11.4 Å². The normalized spacial score (nSPS) is 22.7. The number of sulfonamides is 1. The molecule has 7 rings (SSSR count). The SMILES string of the molecule is COC(=O)c1coc(-c2nc3oc2C24c5cc(ccc5OC2N(S(C)(=O)=O)c2ccccc24)CC(NC(=O)C(O)C(C)C)C(=O)NC3C(C)C)n1. The van der Waals surface area contributed by atoms with Gasteiger partial charge in [0.05, 0.1) is 19.1 Å². The Labute approximate surface area is 293 Å². The number of aromatic nitrogens is 2. The number of hydrogen-bond acceptors (Lipinski definition) is 12. The molecule has 16 heteroatoms. The quantitative estimate of drug-likeness (QED) is 0.236. The second kappa shape index (κ2) is 12.2. The van der Waals surface area contributed by atoms with Crippen molar-refractivity contribution >= 4 is 33.5 Å². The molecule has 268 valence electrons. The average Bonchev–Trinajstić information content (AvgIpc) is 3.85. The number of hydrogen-bond donors (Lipinski definition) is 3. The van der Waals surface area contributed by atoms with Crippen LogP contribution in [0.1, 0.15) is 72.6 Å². The lowest BCUT2D eigenvalue weighted by Crippen LogP contribution is -2.52. The summed E-state index contributed by atoms with van der Waals surface area (Å²) in [6, 6.07) is 10.1. The van der Waals surface area contributed by atoms with E-state index in [-0.39, 0.29) is 41.3 Å². The van der Waals surface area contributed by atoms with Gasteiger partial charge in [-0.25, -0.2) is 27.5 Å². The molecule has 3 N–H and O–H groups in total. The van der Waals surface area contributed by atoms with Crippen LogP contribution in [-0.2, 0) is 36.2 Å². The Morgan fingerprint density at radius 1 is 1.12 bits per heavy atom. The van der Waals surface area contributed by atoms with Gasteiger partial charge < -0.3 is 34.0 Å². The first-order valence-electron chi connectivity index (χ1n) is 16.4. The Balaban J connectivity index is 1.53. The number of oxazole rings is 2. The molecule has 51 heavy (non-hydrogen) atoms. The number of nitrogens with zero attached hydrogens (tertiary/aromatic N) is 3. The highest BCUT2D eigenvalue weighted by Gasteiger charge is 2.65. The molecule has 15 nitrogen and oxygen atoms in total. The lowest BCUT2D eigenvalue weighted by Gasteiger charge is -2.31. The summed E-state index contributed by atoms with van der Waals surface area (Å²) in [7, 11) is -2.78. The number of para-hydroxylation sites is 1. The lowest BCUT2D eigenvalue weighted by atomic mass is 9.72. The minimum atomic E-state index is -3.98. The van der Waals surface area contributed by atoms with E-state index < -0.39 is 63.6 Å². The highest BCUT2D eigenvalue weighted by molar-refractivity contribution is 7.92. The van der Waals surface area contributed by atoms with Gasteiger partial charge in [-0.15, -0.1) is 0 Å². The van der Waals surface area contributed by atoms with Crippen LogP contribution in [0, 0.1) is 11.8 Å². The molecular weight excluding hydrogens is 682 g/mol. The van der Waals surface area contributed by atoms with E-state index in [9.17, 15) is 27.9 Å². The first-order chi connectivity index (χ1) is 24.2. The predicted molar refractivity (Wildman–Crippen MR) is 180 cm³/mol. The molecule has 3 aliphatic heterocycles. The standard InChI is InChI=1S/C35H37N5O10S/c1-16(2)25-32-39-26(31-37-22(15-48-31)33(44)47-5)28(50-32)35-19-9-7-8-10-23(19)40(51(6,45)46)34(35)49-24-12-11-18(13-20(24)35)14-21(29(42)38-25)36-30(43)27(41)17(3)4/h7-13,15-17,21,25,27,34,41H,14H2,1-6H3,(H,36,43)(H,38,42). The summed E-state index contributed by atoms with van der Waals surface area (Å²) >= 11 is 0. The van der Waals surface area contributed by atoms with E-state index >= 15 is 0 Å². The summed E-state index contributed by atoms with van der Waals surface area (Å²) in [6.45, 7) is 7.06. The van der Waals surface area contributed by atoms with Gasteiger partial charge in [0.25, 0.3) is 0 Å². The molecule has 2 aromatic heterocycles. The number of ether oxygens (including phenoxy) is 2. The van der Waals surface area contributed by atoms with Crippen LogP contribution in [0.15, 0.2) is 57.6 Å². The Bertz CT molecular complexity index is 2180. The number of esters is 1. The Morgan fingerprint density at radius 3 is 2.55 bits per heavy atom. The van der Waals surface area contributed by atoms with Crippen LogP contribution in [0.25, 0.3) is 11.6 Å². The summed E-state index contributed by atoms with van der Waals surface area (Å²) < 4.78 is 52.3. The Kier molecular flexibility index (Phi) is 8.21. The van der Waals surface area contributed by atoms with Crippen molar-refractivity contribution in [3.05, 3.63) is 82.8 Å². The van der Waals surface area contributed by atoms with Gasteiger partial charge in [0.1, 0.15) is 35.6 Å². The van der Waals surface area contributed by atoms with Crippen molar-refractivity contribution in [1.29, 1.82) is 0 Å². The van der Waals surface area contributed by atoms with E-state index in [2.05, 4.69) is 15.6 Å². The fraction of sp³-hybridized carbons (Fsp3) is 0.400. The van der Waals surface area contributed by atoms with Crippen molar-refractivity contribution in [3.8, 4) is 17.3 Å². The first kappa shape index (κ1) is 34.2. The van der Waals surface area contributed by atoms with Crippen LogP contribution in [0.2, 0.25) is 0 Å². The molecular formula is C35H37N5O10S. The molecule has 4 aromatic rings. The highest BCUT2D eigenvalue weighted by Crippen LogP contribution is 2.62. The molecule has 2 amide bonds. The maximum atomic E-state index is 14.0. The minimum absolute atomic E-state index is 0.0140. The predicted octanol–water partition coefficient (Wildman–Crippen LogP) is 2.82. The summed E-state index contributed by atoms with van der Waals surface area (Å²) in [5.74, 6) is -2.38. The molecule has 3 aliphatic rings. The summed E-state index contributed by atoms with van der Waals surface area (Å²) in [5.41, 5.74) is 0.360. The van der Waals surface area contributed by atoms with Crippen LogP contribution >= 0.6 is 0 Å². The number of amides is 2. The summed E-state index contributed by atoms with van der Waals surface area (Å²) in [4.78, 5) is 48.8. The molecule has 2 aromatic carbocycles. The number of aliphatic hydroxyl groups is 1. The summed E-state index contributed by atoms with van der Waals surface area (Å²) in [5, 5.41) is 16.2. The van der Waals surface area contributed by atoms with Gasteiger partial charge in [-0.1, -0.05) is 58.0 Å². The van der Waals surface area contributed by atoms with Crippen molar-refractivity contribution in [2.24, 2.45) is 11.8 Å². The molecule has 5 unspecified atom stereocenters. The van der Waals surface area contributed by atoms with Crippen LogP contribution in [0.3, 0.4) is 0 Å². The largest absolute Gasteiger partial charge is 0.467 e. The second-order valence-corrected chi connectivity index (χ2v) is 15.5. The van der Waals surface area contributed by atoms with Crippen LogP contribution in [0.4, 0.5) is 5.69 Å². The zero-order chi connectivity index (χ0) is 36.6. The fourth-order valence-corrected chi connectivity index (χ4v) is 8.09. The van der Waals surface area contributed by atoms with Crippen LogP contribution in [-0.4, -0.2) is 73.0 Å². The molecule has 0 radical (unpaired) electrons. The maximum absolute atomic E-state index is 14.0. The molecule has 5 atom stereocenters. The van der Waals surface area contributed by atoms with E-state index in [0.29, 0.717) is 28.1 Å². The molecule has 0 saturated heterocycles. The van der Waals surface area contributed by atoms with E-state index in [4.69, 9.17) is 23.3 Å². The van der Waals surface area contributed by atoms with E-state index in [1.54, 1.807) is 56.3 Å². The third kappa shape index (κ3) is 5.35. The molecule has 0 fully saturated rings. The second-order valence-electron chi connectivity index (χ2n) is 13.6. The van der Waals surface area contributed by atoms with Gasteiger partial charge in [-0.05, 0) is 29.5 Å². The number of rotatable bonds is 7. The van der Waals surface area contributed by atoms with E-state index in [0.717, 1.165) is 12.5 Å². The molecule has 5 heterocycles. The molecule has 1 spiro atoms. The zero-order valence-electron chi connectivity index (χ0n) is 28.7. The Hall–Kier alpha value is -5.22. The first-order valence-corrected chi connectivity index (χ1v) is 18.2. The number of nitrogens with one attached hydrogen (secondary N) is 2. The van der Waals surface area contributed by atoms with Crippen molar-refractivity contribution in [1.82, 2.24) is 20.6 Å². The van der Waals surface area contributed by atoms with Crippen molar-refractivity contribution in [3.63, 3.8) is 0 Å². The average molecular weight is 720 g/mol. The lowest BCUT2D eigenvalue weighted by molar-refractivity contribution is -0.135. The third-order valence-electron chi connectivity index (χ3n) is 9.52. The number of anilines is 1. The fourth-order valence-electron chi connectivity index (χ4n) is 7.03. The van der Waals surface area contributed by atoms with Crippen LogP contribution in [0.5, 0.6) is 5.75 Å². The van der Waals surface area contributed by atoms with Gasteiger partial charge in [0.15, 0.2) is 17.1 Å². The minimum Gasteiger partial charge on any atom is -0.467 e. The molecule has 4 bridgehead atoms. The van der Waals surface area contributed by atoms with Gasteiger partial charge >= 0.3 is 5.97 Å². The van der Waals surface area contributed by atoms with Crippen molar-refractivity contribution in [2.75, 3.05) is 17.7 Å². The molecule has 0 aliphatic carbocycles. The molecule has 0 saturated carbocycles. The number of aliphatic hydroxyl groups excluding tert-OH is 1. The third-order valence-corrected chi connectivity index (χ3v) is 10.6. The summed E-state index contributed by atoms with van der Waals surface area (Å²) in [6.07, 6.45) is -0.382. The van der Waals surface area contributed by atoms with Crippen LogP contribution < -0.4 is 19.7 Å². The van der Waals surface area contributed by atoms with Gasteiger partial charge in [0.2, 0.25) is 39.8 Å². The van der Waals surface area contributed by atoms with Crippen molar-refractivity contribution < 1.29 is 46.2 Å². The number of methoxy groups -OCH3 is 1. The highest BCUT2D eigenvalue weighted by atomic mass is 32.2.